The summed E-state index contributed by atoms with van der Waals surface area (Å²) in [6.07, 6.45) is 0.330. The second-order valence-electron chi connectivity index (χ2n) is 8.09. The van der Waals surface area contributed by atoms with Crippen LogP contribution in [0, 0.1) is 0 Å². The van der Waals surface area contributed by atoms with Gasteiger partial charge in [-0.3, -0.25) is 9.35 Å². The molecule has 0 saturated heterocycles. The predicted molar refractivity (Wildman–Crippen MR) is 146 cm³/mol. The number of amides is 1. The molecule has 38 heavy (non-hydrogen) atoms. The third-order valence-corrected chi connectivity index (χ3v) is 7.06. The molecule has 0 saturated carbocycles. The van der Waals surface area contributed by atoms with Crippen LogP contribution in [-0.4, -0.2) is 31.1 Å². The summed E-state index contributed by atoms with van der Waals surface area (Å²) in [5.41, 5.74) is 0.461. The zero-order valence-corrected chi connectivity index (χ0v) is 22.4. The summed E-state index contributed by atoms with van der Waals surface area (Å²) in [5, 5.41) is 23.4. The topological polar surface area (TPSA) is 138 Å². The molecule has 0 aromatic heterocycles. The summed E-state index contributed by atoms with van der Waals surface area (Å²) in [6, 6.07) is 15.6. The SMILES string of the molecule is CCc1cc(Cl)cc(S(=O)(=O)O)c1N=Nc1c(O)c(C(=O)Nc2ccc(OC)c(Cl)c2)cc2ccccc12. The Morgan fingerprint density at radius 2 is 1.74 bits per heavy atom. The second-order valence-corrected chi connectivity index (χ2v) is 10.3. The normalized spacial score (nSPS) is 11.7. The van der Waals surface area contributed by atoms with Crippen molar-refractivity contribution in [1.29, 1.82) is 0 Å². The first-order valence-corrected chi connectivity index (χ1v) is 13.3. The van der Waals surface area contributed by atoms with Crippen molar-refractivity contribution < 1.29 is 27.6 Å². The van der Waals surface area contributed by atoms with Crippen LogP contribution < -0.4 is 10.1 Å². The maximum absolute atomic E-state index is 13.1. The van der Waals surface area contributed by atoms with Crippen molar-refractivity contribution in [1.82, 2.24) is 0 Å². The highest BCUT2D eigenvalue weighted by Crippen LogP contribution is 2.41. The second kappa shape index (κ2) is 11.0. The van der Waals surface area contributed by atoms with Gasteiger partial charge in [-0.1, -0.05) is 54.4 Å². The molecule has 12 heteroatoms. The minimum Gasteiger partial charge on any atom is -0.505 e. The maximum atomic E-state index is 13.1. The Morgan fingerprint density at radius 3 is 2.39 bits per heavy atom. The summed E-state index contributed by atoms with van der Waals surface area (Å²) in [4.78, 5) is 12.6. The van der Waals surface area contributed by atoms with Crippen LogP contribution in [0.5, 0.6) is 11.5 Å². The van der Waals surface area contributed by atoms with E-state index in [0.717, 1.165) is 6.07 Å². The number of carbonyl (C=O) groups excluding carboxylic acids is 1. The fourth-order valence-corrected chi connectivity index (χ4v) is 5.10. The van der Waals surface area contributed by atoms with Crippen LogP contribution >= 0.6 is 23.2 Å². The van der Waals surface area contributed by atoms with Crippen molar-refractivity contribution in [3.05, 3.63) is 81.8 Å². The zero-order chi connectivity index (χ0) is 27.6. The zero-order valence-electron chi connectivity index (χ0n) is 20.1. The lowest BCUT2D eigenvalue weighted by Crippen LogP contribution is -2.12. The predicted octanol–water partition coefficient (Wildman–Crippen LogP) is 7.34. The fourth-order valence-electron chi connectivity index (χ4n) is 3.84. The Morgan fingerprint density at radius 1 is 1.03 bits per heavy atom. The van der Waals surface area contributed by atoms with Gasteiger partial charge >= 0.3 is 0 Å². The average Bonchev–Trinajstić information content (AvgIpc) is 2.87. The summed E-state index contributed by atoms with van der Waals surface area (Å²) in [6.45, 7) is 1.75. The van der Waals surface area contributed by atoms with E-state index in [0.29, 0.717) is 34.2 Å². The maximum Gasteiger partial charge on any atom is 0.296 e. The molecule has 9 nitrogen and oxygen atoms in total. The monoisotopic (exact) mass is 573 g/mol. The molecule has 0 aliphatic heterocycles. The third kappa shape index (κ3) is 5.58. The molecule has 4 aromatic rings. The molecule has 4 aromatic carbocycles. The number of benzene rings is 4. The molecular weight excluding hydrogens is 553 g/mol. The van der Waals surface area contributed by atoms with Crippen LogP contribution in [-0.2, 0) is 16.5 Å². The molecule has 3 N–H and O–H groups in total. The molecule has 0 atom stereocenters. The molecule has 1 amide bonds. The molecule has 4 rings (SSSR count). The third-order valence-electron chi connectivity index (χ3n) is 5.68. The molecule has 0 radical (unpaired) electrons. The number of phenols is 1. The van der Waals surface area contributed by atoms with Crippen LogP contribution in [0.1, 0.15) is 22.8 Å². The van der Waals surface area contributed by atoms with Gasteiger partial charge in [0.2, 0.25) is 0 Å². The number of halogens is 2. The highest BCUT2D eigenvalue weighted by molar-refractivity contribution is 7.86. The largest absolute Gasteiger partial charge is 0.505 e. The highest BCUT2D eigenvalue weighted by atomic mass is 35.5. The molecule has 0 aliphatic carbocycles. The van der Waals surface area contributed by atoms with E-state index >= 15 is 0 Å². The van der Waals surface area contributed by atoms with Crippen molar-refractivity contribution in [2.24, 2.45) is 10.2 Å². The van der Waals surface area contributed by atoms with Gasteiger partial charge in [-0.2, -0.15) is 8.42 Å². The lowest BCUT2D eigenvalue weighted by Gasteiger charge is -2.12. The molecule has 0 spiro atoms. The molecular formula is C26H21Cl2N3O6S. The van der Waals surface area contributed by atoms with Crippen molar-refractivity contribution in [3.8, 4) is 11.5 Å². The number of azo groups is 1. The number of rotatable bonds is 7. The summed E-state index contributed by atoms with van der Waals surface area (Å²) < 4.78 is 38.9. The van der Waals surface area contributed by atoms with Gasteiger partial charge < -0.3 is 15.2 Å². The van der Waals surface area contributed by atoms with Gasteiger partial charge in [0.25, 0.3) is 16.0 Å². The number of hydrogen-bond acceptors (Lipinski definition) is 7. The Hall–Kier alpha value is -3.70. The van der Waals surface area contributed by atoms with Gasteiger partial charge in [-0.05, 0) is 53.8 Å². The first-order chi connectivity index (χ1) is 18.0. The average molecular weight is 574 g/mol. The van der Waals surface area contributed by atoms with Crippen molar-refractivity contribution in [3.63, 3.8) is 0 Å². The van der Waals surface area contributed by atoms with E-state index in [9.17, 15) is 22.9 Å². The Kier molecular flexibility index (Phi) is 7.89. The molecule has 196 valence electrons. The van der Waals surface area contributed by atoms with Crippen LogP contribution in [0.2, 0.25) is 10.0 Å². The van der Waals surface area contributed by atoms with Crippen LogP contribution in [0.15, 0.2) is 75.8 Å². The van der Waals surface area contributed by atoms with E-state index in [1.165, 1.54) is 25.3 Å². The van der Waals surface area contributed by atoms with E-state index < -0.39 is 26.7 Å². The highest BCUT2D eigenvalue weighted by Gasteiger charge is 2.22. The number of fused-ring (bicyclic) bond motifs is 1. The van der Waals surface area contributed by atoms with E-state index in [1.807, 2.05) is 0 Å². The van der Waals surface area contributed by atoms with E-state index in [1.54, 1.807) is 43.3 Å². The number of nitrogens with one attached hydrogen (secondary N) is 1. The van der Waals surface area contributed by atoms with E-state index in [4.69, 9.17) is 27.9 Å². The van der Waals surface area contributed by atoms with Gasteiger partial charge in [0.15, 0.2) is 5.75 Å². The van der Waals surface area contributed by atoms with E-state index in [-0.39, 0.29) is 27.0 Å². The fraction of sp³-hybridized carbons (Fsp3) is 0.115. The smallest absolute Gasteiger partial charge is 0.296 e. The quantitative estimate of drug-likeness (QED) is 0.156. The minimum absolute atomic E-state index is 0.0701. The minimum atomic E-state index is -4.69. The number of carbonyl (C=O) groups is 1. The van der Waals surface area contributed by atoms with Crippen molar-refractivity contribution in [2.75, 3.05) is 12.4 Å². The van der Waals surface area contributed by atoms with Gasteiger partial charge in [-0.25, -0.2) is 0 Å². The molecule has 0 bridgehead atoms. The first kappa shape index (κ1) is 27.3. The number of phenolic OH excluding ortho intramolecular Hbond substituents is 1. The Labute approximate surface area is 228 Å². The number of aromatic hydroxyl groups is 1. The molecule has 0 heterocycles. The number of hydrogen-bond donors (Lipinski definition) is 3. The van der Waals surface area contributed by atoms with Crippen molar-refractivity contribution >= 4 is 67.1 Å². The summed E-state index contributed by atoms with van der Waals surface area (Å²) in [5.74, 6) is -0.700. The van der Waals surface area contributed by atoms with Gasteiger partial charge in [0.1, 0.15) is 22.0 Å². The number of methoxy groups -OCH3 is 1. The van der Waals surface area contributed by atoms with Crippen LogP contribution in [0.25, 0.3) is 10.8 Å². The molecule has 0 aliphatic rings. The molecule has 0 fully saturated rings. The number of nitrogens with zero attached hydrogens (tertiary/aromatic N) is 2. The van der Waals surface area contributed by atoms with Crippen LogP contribution in [0.3, 0.4) is 0 Å². The number of aryl methyl sites for hydroxylation is 1. The summed E-state index contributed by atoms with van der Waals surface area (Å²) >= 11 is 12.2. The van der Waals surface area contributed by atoms with Crippen molar-refractivity contribution in [2.45, 2.75) is 18.2 Å². The number of ether oxygens (including phenoxy) is 1. The lowest BCUT2D eigenvalue weighted by molar-refractivity contribution is 0.102. The molecule has 0 unspecified atom stereocenters. The van der Waals surface area contributed by atoms with Gasteiger partial charge in [0, 0.05) is 16.1 Å². The first-order valence-electron chi connectivity index (χ1n) is 11.1. The number of anilines is 1. The standard InChI is InChI=1S/C26H21Cl2N3O6S/c1-3-14-10-16(27)12-22(38(34,35)36)23(14)30-31-24-18-7-5-4-6-15(18)11-19(25(24)32)26(33)29-17-8-9-21(37-2)20(28)13-17/h4-13,32H,3H2,1-2H3,(H,29,33)(H,34,35,36). The van der Waals surface area contributed by atoms with E-state index in [2.05, 4.69) is 15.5 Å². The Balaban J connectivity index is 1.84. The summed E-state index contributed by atoms with van der Waals surface area (Å²) in [7, 11) is -3.23. The van der Waals surface area contributed by atoms with Gasteiger partial charge in [0.05, 0.1) is 17.7 Å². The lowest BCUT2D eigenvalue weighted by atomic mass is 10.0. The van der Waals surface area contributed by atoms with Gasteiger partial charge in [-0.15, -0.1) is 10.2 Å². The van der Waals surface area contributed by atoms with Crippen LogP contribution in [0.4, 0.5) is 17.1 Å². The Bertz CT molecular complexity index is 1710.